The first-order chi connectivity index (χ1) is 15.2. The van der Waals surface area contributed by atoms with Crippen LogP contribution in [0.4, 0.5) is 47.0 Å². The number of urea groups is 1. The zero-order valence-electron chi connectivity index (χ0n) is 16.9. The SMILES string of the molecule is Cc1nc(N(C)C(=O)Cc2c(N3OCNC3=O)cc(C(F)(F)F)cc2C(F)(F)F)ccc1F. The van der Waals surface area contributed by atoms with Gasteiger partial charge in [0.1, 0.15) is 18.4 Å². The smallest absolute Gasteiger partial charge is 0.310 e. The van der Waals surface area contributed by atoms with Crippen LogP contribution in [0.15, 0.2) is 24.3 Å². The molecule has 1 N–H and O–H groups in total. The number of carbonyl (C=O) groups is 2. The van der Waals surface area contributed by atoms with Crippen molar-refractivity contribution in [3.8, 4) is 0 Å². The van der Waals surface area contributed by atoms with Crippen LogP contribution in [-0.2, 0) is 28.4 Å². The number of anilines is 2. The summed E-state index contributed by atoms with van der Waals surface area (Å²) in [6.07, 6.45) is -11.5. The zero-order valence-corrected chi connectivity index (χ0v) is 16.9. The van der Waals surface area contributed by atoms with E-state index >= 15 is 0 Å². The molecule has 0 atom stereocenters. The summed E-state index contributed by atoms with van der Waals surface area (Å²) in [5, 5.41) is 2.32. The topological polar surface area (TPSA) is 74.8 Å². The Kier molecular flexibility index (Phi) is 6.24. The fraction of sp³-hybridized carbons (Fsp3) is 0.316. The Morgan fingerprint density at radius 3 is 2.36 bits per heavy atom. The van der Waals surface area contributed by atoms with Gasteiger partial charge in [0.2, 0.25) is 5.91 Å². The summed E-state index contributed by atoms with van der Waals surface area (Å²) in [6.45, 7) is 0.804. The molecule has 33 heavy (non-hydrogen) atoms. The first-order valence-corrected chi connectivity index (χ1v) is 9.12. The van der Waals surface area contributed by atoms with Crippen molar-refractivity contribution in [3.05, 3.63) is 52.5 Å². The third-order valence-corrected chi connectivity index (χ3v) is 4.73. The van der Waals surface area contributed by atoms with Crippen LogP contribution in [0.3, 0.4) is 0 Å². The van der Waals surface area contributed by atoms with Crippen LogP contribution in [0.1, 0.15) is 22.4 Å². The minimum atomic E-state index is -5.30. The van der Waals surface area contributed by atoms with Crippen molar-refractivity contribution < 1.29 is 45.2 Å². The van der Waals surface area contributed by atoms with Gasteiger partial charge in [0.05, 0.1) is 28.9 Å². The number of hydroxylamine groups is 1. The molecule has 2 heterocycles. The van der Waals surface area contributed by atoms with E-state index < -0.39 is 65.6 Å². The van der Waals surface area contributed by atoms with Crippen LogP contribution >= 0.6 is 0 Å². The molecule has 178 valence electrons. The maximum absolute atomic E-state index is 13.7. The number of halogens is 7. The number of alkyl halides is 6. The third kappa shape index (κ3) is 4.99. The maximum Gasteiger partial charge on any atom is 0.416 e. The average molecular weight is 480 g/mol. The minimum absolute atomic E-state index is 0.0829. The van der Waals surface area contributed by atoms with Crippen molar-refractivity contribution in [3.63, 3.8) is 0 Å². The molecular weight excluding hydrogens is 465 g/mol. The number of pyridine rings is 1. The summed E-state index contributed by atoms with van der Waals surface area (Å²) in [6, 6.07) is 1.15. The molecule has 0 radical (unpaired) electrons. The summed E-state index contributed by atoms with van der Waals surface area (Å²) in [5.41, 5.74) is -5.34. The lowest BCUT2D eigenvalue weighted by atomic mass is 9.97. The second-order valence-corrected chi connectivity index (χ2v) is 6.93. The Morgan fingerprint density at radius 2 is 1.85 bits per heavy atom. The summed E-state index contributed by atoms with van der Waals surface area (Å²) >= 11 is 0. The number of amides is 3. The average Bonchev–Trinajstić information content (AvgIpc) is 3.13. The van der Waals surface area contributed by atoms with E-state index in [4.69, 9.17) is 4.84 Å². The van der Waals surface area contributed by atoms with Crippen molar-refractivity contribution in [2.75, 3.05) is 23.7 Å². The lowest BCUT2D eigenvalue weighted by Gasteiger charge is -2.24. The van der Waals surface area contributed by atoms with E-state index in [0.29, 0.717) is 6.07 Å². The van der Waals surface area contributed by atoms with Crippen molar-refractivity contribution in [1.82, 2.24) is 10.3 Å². The van der Waals surface area contributed by atoms with Gasteiger partial charge in [-0.1, -0.05) is 0 Å². The molecular formula is C19H15F7N4O3. The molecule has 7 nitrogen and oxygen atoms in total. The maximum atomic E-state index is 13.7. The van der Waals surface area contributed by atoms with Gasteiger partial charge in [-0.25, -0.2) is 19.0 Å². The van der Waals surface area contributed by atoms with Crippen molar-refractivity contribution in [1.29, 1.82) is 0 Å². The number of aryl methyl sites for hydroxylation is 1. The van der Waals surface area contributed by atoms with Crippen LogP contribution in [0.2, 0.25) is 0 Å². The summed E-state index contributed by atoms with van der Waals surface area (Å²) < 4.78 is 94.6. The van der Waals surface area contributed by atoms with Crippen molar-refractivity contribution >= 4 is 23.4 Å². The molecule has 0 spiro atoms. The highest BCUT2D eigenvalue weighted by atomic mass is 19.4. The number of hydrogen-bond acceptors (Lipinski definition) is 4. The standard InChI is InChI=1S/C19H15F7N4O3/c1-9-13(20)3-4-15(28-9)29(2)16(31)7-11-12(19(24,25)26)5-10(18(21,22)23)6-14(11)30-17(32)27-8-33-30/h3-6H,7-8H2,1-2H3,(H,27,32). The number of benzene rings is 1. The lowest BCUT2D eigenvalue weighted by molar-refractivity contribution is -0.143. The predicted octanol–water partition coefficient (Wildman–Crippen LogP) is 4.19. The summed E-state index contributed by atoms with van der Waals surface area (Å²) in [7, 11) is 1.15. The van der Waals surface area contributed by atoms with E-state index in [0.717, 1.165) is 24.1 Å². The second-order valence-electron chi connectivity index (χ2n) is 6.93. The molecule has 0 aliphatic carbocycles. The van der Waals surface area contributed by atoms with Gasteiger partial charge in [-0.3, -0.25) is 9.69 Å². The second kappa shape index (κ2) is 8.50. The van der Waals surface area contributed by atoms with Crippen molar-refractivity contribution in [2.45, 2.75) is 25.7 Å². The number of nitrogens with zero attached hydrogens (tertiary/aromatic N) is 3. The Labute approximate surface area is 181 Å². The van der Waals surface area contributed by atoms with E-state index in [2.05, 4.69) is 10.3 Å². The molecule has 1 aliphatic rings. The first-order valence-electron chi connectivity index (χ1n) is 9.12. The van der Waals surface area contributed by atoms with Crippen LogP contribution < -0.4 is 15.3 Å². The summed E-state index contributed by atoms with van der Waals surface area (Å²) in [5.74, 6) is -1.79. The Morgan fingerprint density at radius 1 is 1.18 bits per heavy atom. The van der Waals surface area contributed by atoms with E-state index in [1.54, 1.807) is 0 Å². The number of hydrogen-bond donors (Lipinski definition) is 1. The van der Waals surface area contributed by atoms with Crippen LogP contribution in [-0.4, -0.2) is 30.7 Å². The Bertz CT molecular complexity index is 1100. The molecule has 0 unspecified atom stereocenters. The molecule has 3 amide bonds. The van der Waals surface area contributed by atoms with Crippen molar-refractivity contribution in [2.24, 2.45) is 0 Å². The number of aromatic nitrogens is 1. The Balaban J connectivity index is 2.12. The quantitative estimate of drug-likeness (QED) is 0.667. The lowest BCUT2D eigenvalue weighted by Crippen LogP contribution is -2.33. The van der Waals surface area contributed by atoms with E-state index in [9.17, 15) is 40.3 Å². The number of carbonyl (C=O) groups excluding carboxylic acids is 2. The molecule has 1 aromatic carbocycles. The molecule has 1 aromatic heterocycles. The van der Waals surface area contributed by atoms with Gasteiger partial charge in [-0.05, 0) is 31.2 Å². The van der Waals surface area contributed by atoms with Crippen LogP contribution in [0.5, 0.6) is 0 Å². The highest BCUT2D eigenvalue weighted by Crippen LogP contribution is 2.42. The highest BCUT2D eigenvalue weighted by molar-refractivity contribution is 5.97. The van der Waals surface area contributed by atoms with E-state index in [1.807, 2.05) is 0 Å². The van der Waals surface area contributed by atoms with Gasteiger partial charge in [-0.15, -0.1) is 0 Å². The monoisotopic (exact) mass is 480 g/mol. The van der Waals surface area contributed by atoms with Gasteiger partial charge in [0, 0.05) is 12.6 Å². The van der Waals surface area contributed by atoms with Gasteiger partial charge in [0.15, 0.2) is 0 Å². The molecule has 0 bridgehead atoms. The largest absolute Gasteiger partial charge is 0.416 e. The van der Waals surface area contributed by atoms with Gasteiger partial charge in [-0.2, -0.15) is 31.4 Å². The van der Waals surface area contributed by atoms with Gasteiger partial charge >= 0.3 is 18.4 Å². The molecule has 2 aromatic rings. The fourth-order valence-corrected chi connectivity index (χ4v) is 3.02. The van der Waals surface area contributed by atoms with Gasteiger partial charge < -0.3 is 5.32 Å². The normalized spacial score (nSPS) is 14.5. The number of rotatable bonds is 4. The fourth-order valence-electron chi connectivity index (χ4n) is 3.02. The van der Waals surface area contributed by atoms with Gasteiger partial charge in [0.25, 0.3) is 0 Å². The molecule has 1 fully saturated rings. The van der Waals surface area contributed by atoms with Crippen LogP contribution in [0.25, 0.3) is 0 Å². The molecule has 1 aliphatic heterocycles. The minimum Gasteiger partial charge on any atom is -0.310 e. The zero-order chi connectivity index (χ0) is 24.7. The third-order valence-electron chi connectivity index (χ3n) is 4.73. The van der Waals surface area contributed by atoms with E-state index in [1.165, 1.54) is 6.92 Å². The van der Waals surface area contributed by atoms with Crippen LogP contribution in [0, 0.1) is 12.7 Å². The molecule has 0 saturated carbocycles. The number of likely N-dealkylation sites (N-methyl/N-ethyl adjacent to an activating group) is 1. The molecule has 14 heteroatoms. The van der Waals surface area contributed by atoms with E-state index in [-0.39, 0.29) is 22.6 Å². The molecule has 1 saturated heterocycles. The number of nitrogens with one attached hydrogen (secondary N) is 1. The Hall–Kier alpha value is -3.42. The predicted molar refractivity (Wildman–Crippen MR) is 99.5 cm³/mol. The molecule has 3 rings (SSSR count). The first kappa shape index (κ1) is 24.2. The highest BCUT2D eigenvalue weighted by Gasteiger charge is 2.42. The summed E-state index contributed by atoms with van der Waals surface area (Å²) in [4.78, 5) is 34.2.